The normalized spacial score (nSPS) is 22.9. The Bertz CT molecular complexity index is 243. The molecule has 1 unspecified atom stereocenters. The van der Waals surface area contributed by atoms with E-state index in [0.717, 1.165) is 0 Å². The van der Waals surface area contributed by atoms with E-state index in [1.807, 2.05) is 0 Å². The molecule has 0 radical (unpaired) electrons. The molecular formula is C8H10ClF4NO. The highest BCUT2D eigenvalue weighted by atomic mass is 35.5. The van der Waals surface area contributed by atoms with Gasteiger partial charge in [0.25, 0.3) is 0 Å². The molecule has 2 nitrogen and oxygen atoms in total. The minimum atomic E-state index is -3.89. The van der Waals surface area contributed by atoms with Crippen LogP contribution in [0.2, 0.25) is 0 Å². The molecule has 0 aliphatic carbocycles. The molecule has 1 rings (SSSR count). The third-order valence-electron chi connectivity index (χ3n) is 2.08. The molecule has 15 heavy (non-hydrogen) atoms. The minimum absolute atomic E-state index is 0.0779. The van der Waals surface area contributed by atoms with Crippen LogP contribution in [0.5, 0.6) is 0 Å². The lowest BCUT2D eigenvalue weighted by molar-refractivity contribution is -0.204. The molecule has 0 saturated carbocycles. The van der Waals surface area contributed by atoms with Gasteiger partial charge in [-0.15, -0.1) is 0 Å². The Morgan fingerprint density at radius 1 is 1.40 bits per heavy atom. The van der Waals surface area contributed by atoms with Gasteiger partial charge in [0.15, 0.2) is 5.83 Å². The van der Waals surface area contributed by atoms with E-state index >= 15 is 0 Å². The Balaban J connectivity index is 2.71. The molecular weight excluding hydrogens is 238 g/mol. The number of hydrogen-bond donors (Lipinski definition) is 0. The van der Waals surface area contributed by atoms with Gasteiger partial charge in [0.1, 0.15) is 0 Å². The summed E-state index contributed by atoms with van der Waals surface area (Å²) < 4.78 is 57.0. The zero-order valence-corrected chi connectivity index (χ0v) is 8.48. The lowest BCUT2D eigenvalue weighted by atomic mass is 10.2. The van der Waals surface area contributed by atoms with E-state index in [4.69, 9.17) is 16.3 Å². The fourth-order valence-corrected chi connectivity index (χ4v) is 1.35. The molecule has 1 saturated heterocycles. The van der Waals surface area contributed by atoms with Crippen molar-refractivity contribution in [3.8, 4) is 0 Å². The van der Waals surface area contributed by atoms with Gasteiger partial charge in [-0.25, -0.2) is 13.7 Å². The fraction of sp³-hybridized carbons (Fsp3) is 0.750. The molecule has 0 aromatic heterocycles. The molecule has 1 heterocycles. The maximum atomic E-state index is 13.3. The van der Waals surface area contributed by atoms with Gasteiger partial charge in [-0.05, 0) is 0 Å². The molecule has 0 aromatic rings. The van der Waals surface area contributed by atoms with E-state index in [1.54, 1.807) is 0 Å². The highest BCUT2D eigenvalue weighted by molar-refractivity contribution is 6.25. The molecule has 0 bridgehead atoms. The first kappa shape index (κ1) is 12.7. The zero-order valence-electron chi connectivity index (χ0n) is 7.73. The summed E-state index contributed by atoms with van der Waals surface area (Å²) in [4.78, 5) is 0.543. The van der Waals surface area contributed by atoms with E-state index in [1.165, 1.54) is 0 Å². The number of ether oxygens (including phenoxy) is 1. The molecule has 0 amide bonds. The van der Waals surface area contributed by atoms with Crippen molar-refractivity contribution < 1.29 is 22.3 Å². The standard InChI is InChI=1S/C8H10ClF4NO/c9-5-6(10)7(11)8(12,13)14-1-3-15-4-2-14/h5,7H,1-4H2/b6-5-. The van der Waals surface area contributed by atoms with Crippen LogP contribution in [0.4, 0.5) is 17.6 Å². The predicted molar refractivity (Wildman–Crippen MR) is 47.3 cm³/mol. The van der Waals surface area contributed by atoms with Crippen LogP contribution in [0.1, 0.15) is 0 Å². The molecule has 1 atom stereocenters. The fourth-order valence-electron chi connectivity index (χ4n) is 1.24. The van der Waals surface area contributed by atoms with Gasteiger partial charge in [-0.3, -0.25) is 0 Å². The second-order valence-electron chi connectivity index (χ2n) is 3.04. The van der Waals surface area contributed by atoms with Gasteiger partial charge >= 0.3 is 6.05 Å². The SMILES string of the molecule is F/C(=C\Cl)C(F)C(F)(F)N1CCOCC1. The summed E-state index contributed by atoms with van der Waals surface area (Å²) in [6.45, 7) is -0.116. The van der Waals surface area contributed by atoms with Crippen LogP contribution in [0, 0.1) is 0 Å². The Kier molecular flexibility index (Phi) is 4.36. The van der Waals surface area contributed by atoms with Gasteiger partial charge in [-0.2, -0.15) is 8.78 Å². The van der Waals surface area contributed by atoms with Crippen molar-refractivity contribution >= 4 is 11.6 Å². The molecule has 0 aromatic carbocycles. The predicted octanol–water partition coefficient (Wildman–Crippen LogP) is 2.30. The van der Waals surface area contributed by atoms with Crippen LogP contribution in [-0.2, 0) is 4.74 Å². The average Bonchev–Trinajstić information content (AvgIpc) is 2.28. The van der Waals surface area contributed by atoms with Gasteiger partial charge in [-0.1, -0.05) is 11.6 Å². The van der Waals surface area contributed by atoms with Crippen molar-refractivity contribution in [2.24, 2.45) is 0 Å². The first-order valence-electron chi connectivity index (χ1n) is 4.30. The van der Waals surface area contributed by atoms with Crippen LogP contribution >= 0.6 is 11.6 Å². The molecule has 1 aliphatic heterocycles. The van der Waals surface area contributed by atoms with Gasteiger partial charge in [0.05, 0.1) is 13.2 Å². The van der Waals surface area contributed by atoms with Crippen molar-refractivity contribution in [3.63, 3.8) is 0 Å². The third kappa shape index (κ3) is 2.83. The molecule has 1 fully saturated rings. The smallest absolute Gasteiger partial charge is 0.342 e. The van der Waals surface area contributed by atoms with E-state index in [9.17, 15) is 17.6 Å². The second-order valence-corrected chi connectivity index (χ2v) is 3.26. The number of halogens is 5. The highest BCUT2D eigenvalue weighted by Gasteiger charge is 2.48. The van der Waals surface area contributed by atoms with Crippen molar-refractivity contribution in [1.82, 2.24) is 4.90 Å². The van der Waals surface area contributed by atoms with E-state index in [2.05, 4.69) is 0 Å². The molecule has 1 aliphatic rings. The van der Waals surface area contributed by atoms with E-state index in [-0.39, 0.29) is 31.8 Å². The van der Waals surface area contributed by atoms with Crippen LogP contribution < -0.4 is 0 Å². The Morgan fingerprint density at radius 3 is 2.40 bits per heavy atom. The zero-order chi connectivity index (χ0) is 11.5. The summed E-state index contributed by atoms with van der Waals surface area (Å²) in [5.74, 6) is -1.67. The van der Waals surface area contributed by atoms with Gasteiger partial charge in [0, 0.05) is 18.6 Å². The van der Waals surface area contributed by atoms with Crippen molar-refractivity contribution in [3.05, 3.63) is 11.4 Å². The van der Waals surface area contributed by atoms with Crippen molar-refractivity contribution in [2.45, 2.75) is 12.2 Å². The van der Waals surface area contributed by atoms with Crippen molar-refractivity contribution in [1.29, 1.82) is 0 Å². The number of alkyl halides is 3. The first-order valence-corrected chi connectivity index (χ1v) is 4.74. The minimum Gasteiger partial charge on any atom is -0.379 e. The Hall–Kier alpha value is -0.330. The second kappa shape index (κ2) is 5.14. The number of rotatable bonds is 3. The Labute approximate surface area is 89.4 Å². The summed E-state index contributed by atoms with van der Waals surface area (Å²) in [5.41, 5.74) is 0.180. The molecule has 0 N–H and O–H groups in total. The van der Waals surface area contributed by atoms with Crippen LogP contribution in [0.25, 0.3) is 0 Å². The monoisotopic (exact) mass is 247 g/mol. The number of morpholine rings is 1. The van der Waals surface area contributed by atoms with Gasteiger partial charge in [0.2, 0.25) is 6.17 Å². The van der Waals surface area contributed by atoms with Crippen LogP contribution in [0.3, 0.4) is 0 Å². The lowest BCUT2D eigenvalue weighted by Crippen LogP contribution is -2.53. The topological polar surface area (TPSA) is 12.5 Å². The maximum absolute atomic E-state index is 13.3. The maximum Gasteiger partial charge on any atom is 0.342 e. The summed E-state index contributed by atoms with van der Waals surface area (Å²) in [6, 6.07) is -3.89. The lowest BCUT2D eigenvalue weighted by Gasteiger charge is -2.34. The van der Waals surface area contributed by atoms with E-state index in [0.29, 0.717) is 4.90 Å². The third-order valence-corrected chi connectivity index (χ3v) is 2.29. The molecule has 88 valence electrons. The number of nitrogens with zero attached hydrogens (tertiary/aromatic N) is 1. The highest BCUT2D eigenvalue weighted by Crippen LogP contribution is 2.32. The van der Waals surface area contributed by atoms with Crippen LogP contribution in [-0.4, -0.2) is 43.4 Å². The molecule has 0 spiro atoms. The Morgan fingerprint density at radius 2 is 1.93 bits per heavy atom. The summed E-state index contributed by atoms with van der Waals surface area (Å²) in [7, 11) is 0. The van der Waals surface area contributed by atoms with Gasteiger partial charge < -0.3 is 4.74 Å². The summed E-state index contributed by atoms with van der Waals surface area (Å²) in [5, 5.41) is 0. The number of hydrogen-bond acceptors (Lipinski definition) is 2. The van der Waals surface area contributed by atoms with E-state index < -0.39 is 18.0 Å². The quantitative estimate of drug-likeness (QED) is 0.561. The van der Waals surface area contributed by atoms with Crippen LogP contribution in [0.15, 0.2) is 11.4 Å². The first-order chi connectivity index (χ1) is 7.00. The van der Waals surface area contributed by atoms with Crippen molar-refractivity contribution in [2.75, 3.05) is 26.3 Å². The summed E-state index contributed by atoms with van der Waals surface area (Å²) >= 11 is 4.84. The average molecular weight is 248 g/mol. The summed E-state index contributed by atoms with van der Waals surface area (Å²) in [6.07, 6.45) is -3.03. The molecule has 7 heteroatoms. The largest absolute Gasteiger partial charge is 0.379 e.